The molecule has 0 heterocycles. The fourth-order valence-electron chi connectivity index (χ4n) is 2.38. The molecule has 0 radical (unpaired) electrons. The molecule has 2 aromatic carbocycles. The highest BCUT2D eigenvalue weighted by Gasteiger charge is 2.13. The molecule has 2 amide bonds. The first kappa shape index (κ1) is 20.0. The Bertz CT molecular complexity index is 735. The zero-order valence-electron chi connectivity index (χ0n) is 15.4. The van der Waals surface area contributed by atoms with Crippen molar-refractivity contribution in [3.63, 3.8) is 0 Å². The fraction of sp³-hybridized carbons (Fsp3) is 0.300. The second kappa shape index (κ2) is 9.99. The van der Waals surface area contributed by atoms with Gasteiger partial charge in [-0.1, -0.05) is 42.1 Å². The molecule has 0 fully saturated rings. The molecule has 0 aliphatic heterocycles. The van der Waals surface area contributed by atoms with Crippen LogP contribution in [0.1, 0.15) is 13.8 Å². The van der Waals surface area contributed by atoms with Crippen molar-refractivity contribution in [2.45, 2.75) is 29.7 Å². The Morgan fingerprint density at radius 1 is 0.962 bits per heavy atom. The Morgan fingerprint density at radius 2 is 1.58 bits per heavy atom. The number of nitrogens with one attached hydrogen (secondary N) is 2. The Labute approximate surface area is 159 Å². The number of likely N-dealkylation sites (N-methyl/N-ethyl adjacent to an activating group) is 1. The van der Waals surface area contributed by atoms with Crippen molar-refractivity contribution < 1.29 is 9.59 Å². The first-order valence-electron chi connectivity index (χ1n) is 8.53. The molecule has 6 heteroatoms. The van der Waals surface area contributed by atoms with Crippen LogP contribution in [0.3, 0.4) is 0 Å². The summed E-state index contributed by atoms with van der Waals surface area (Å²) in [6.45, 7) is 4.15. The molecule has 0 bridgehead atoms. The van der Waals surface area contributed by atoms with Gasteiger partial charge in [-0.3, -0.25) is 14.5 Å². The number of rotatable bonds is 8. The van der Waals surface area contributed by atoms with Crippen LogP contribution in [-0.2, 0) is 9.59 Å². The number of benzene rings is 2. The number of carbonyl (C=O) groups excluding carboxylic acids is 2. The zero-order valence-corrected chi connectivity index (χ0v) is 16.2. The molecule has 0 aliphatic rings. The van der Waals surface area contributed by atoms with E-state index < -0.39 is 0 Å². The third-order valence-electron chi connectivity index (χ3n) is 3.41. The minimum absolute atomic E-state index is 0.0877. The summed E-state index contributed by atoms with van der Waals surface area (Å²) >= 11 is 1.60. The summed E-state index contributed by atoms with van der Waals surface area (Å²) in [5, 5.41) is 5.76. The normalized spacial score (nSPS) is 10.8. The highest BCUT2D eigenvalue weighted by atomic mass is 32.2. The van der Waals surface area contributed by atoms with Crippen molar-refractivity contribution in [1.29, 1.82) is 0 Å². The molecule has 5 nitrogen and oxygen atoms in total. The van der Waals surface area contributed by atoms with Crippen LogP contribution in [0, 0.1) is 0 Å². The van der Waals surface area contributed by atoms with Gasteiger partial charge in [0.1, 0.15) is 0 Å². The second-order valence-electron chi connectivity index (χ2n) is 6.35. The fourth-order valence-corrected chi connectivity index (χ4v) is 3.30. The molecular formula is C20H25N3O2S. The molecule has 2 aromatic rings. The Balaban J connectivity index is 1.93. The molecule has 2 rings (SSSR count). The molecule has 0 atom stereocenters. The van der Waals surface area contributed by atoms with Crippen molar-refractivity contribution in [2.24, 2.45) is 0 Å². The number of hydrogen-bond acceptors (Lipinski definition) is 4. The average Bonchev–Trinajstić information content (AvgIpc) is 2.56. The van der Waals surface area contributed by atoms with Crippen molar-refractivity contribution in [3.8, 4) is 0 Å². The van der Waals surface area contributed by atoms with Gasteiger partial charge in [-0.2, -0.15) is 0 Å². The summed E-state index contributed by atoms with van der Waals surface area (Å²) in [6.07, 6.45) is 0. The smallest absolute Gasteiger partial charge is 0.238 e. The zero-order chi connectivity index (χ0) is 18.9. The van der Waals surface area contributed by atoms with E-state index >= 15 is 0 Å². The first-order chi connectivity index (χ1) is 12.4. The molecular weight excluding hydrogens is 346 g/mol. The molecule has 0 aromatic heterocycles. The van der Waals surface area contributed by atoms with Crippen molar-refractivity contribution in [2.75, 3.05) is 25.5 Å². The maximum Gasteiger partial charge on any atom is 0.238 e. The van der Waals surface area contributed by atoms with Crippen LogP contribution in [0.15, 0.2) is 64.4 Å². The van der Waals surface area contributed by atoms with E-state index in [0.29, 0.717) is 0 Å². The maximum absolute atomic E-state index is 12.3. The van der Waals surface area contributed by atoms with E-state index in [1.54, 1.807) is 23.7 Å². The molecule has 138 valence electrons. The molecule has 26 heavy (non-hydrogen) atoms. The SMILES string of the molecule is CC(C)NC(=O)CN(C)CC(=O)Nc1ccccc1Sc1ccccc1. The van der Waals surface area contributed by atoms with Crippen molar-refractivity contribution in [3.05, 3.63) is 54.6 Å². The minimum atomic E-state index is -0.147. The lowest BCUT2D eigenvalue weighted by atomic mass is 10.3. The second-order valence-corrected chi connectivity index (χ2v) is 7.47. The van der Waals surface area contributed by atoms with Gasteiger partial charge in [-0.15, -0.1) is 0 Å². The Kier molecular flexibility index (Phi) is 7.69. The van der Waals surface area contributed by atoms with E-state index in [9.17, 15) is 9.59 Å². The summed E-state index contributed by atoms with van der Waals surface area (Å²) in [6, 6.07) is 17.8. The summed E-state index contributed by atoms with van der Waals surface area (Å²) < 4.78 is 0. The van der Waals surface area contributed by atoms with Crippen LogP contribution in [0.5, 0.6) is 0 Å². The maximum atomic E-state index is 12.3. The summed E-state index contributed by atoms with van der Waals surface area (Å²) in [4.78, 5) is 27.9. The van der Waals surface area contributed by atoms with Gasteiger partial charge in [-0.25, -0.2) is 0 Å². The van der Waals surface area contributed by atoms with E-state index in [2.05, 4.69) is 10.6 Å². The van der Waals surface area contributed by atoms with Gasteiger partial charge >= 0.3 is 0 Å². The van der Waals surface area contributed by atoms with E-state index in [0.717, 1.165) is 15.5 Å². The number of amides is 2. The van der Waals surface area contributed by atoms with Gasteiger partial charge < -0.3 is 10.6 Å². The molecule has 0 saturated carbocycles. The van der Waals surface area contributed by atoms with Crippen LogP contribution in [0.4, 0.5) is 5.69 Å². The highest BCUT2D eigenvalue weighted by molar-refractivity contribution is 7.99. The number of carbonyl (C=O) groups is 2. The van der Waals surface area contributed by atoms with E-state index in [1.165, 1.54) is 0 Å². The number of anilines is 1. The molecule has 2 N–H and O–H groups in total. The lowest BCUT2D eigenvalue weighted by molar-refractivity contribution is -0.123. The summed E-state index contributed by atoms with van der Waals surface area (Å²) in [5.41, 5.74) is 0.770. The van der Waals surface area contributed by atoms with Gasteiger partial charge in [-0.05, 0) is 45.2 Å². The molecule has 0 spiro atoms. The summed E-state index contributed by atoms with van der Waals surface area (Å²) in [7, 11) is 1.75. The molecule has 0 saturated heterocycles. The van der Waals surface area contributed by atoms with Gasteiger partial charge in [0, 0.05) is 15.8 Å². The predicted octanol–water partition coefficient (Wildman–Crippen LogP) is 3.23. The van der Waals surface area contributed by atoms with E-state index in [1.807, 2.05) is 68.4 Å². The quantitative estimate of drug-likeness (QED) is 0.748. The van der Waals surface area contributed by atoms with Crippen molar-refractivity contribution >= 4 is 29.3 Å². The Hall–Kier alpha value is -2.31. The third-order valence-corrected chi connectivity index (χ3v) is 4.49. The van der Waals surface area contributed by atoms with Crippen LogP contribution >= 0.6 is 11.8 Å². The number of nitrogens with zero attached hydrogens (tertiary/aromatic N) is 1. The number of hydrogen-bond donors (Lipinski definition) is 2. The standard InChI is InChI=1S/C20H25N3O2S/c1-15(2)21-19(24)13-23(3)14-20(25)22-17-11-7-8-12-18(17)26-16-9-5-4-6-10-16/h4-12,15H,13-14H2,1-3H3,(H,21,24)(H,22,25). The summed E-state index contributed by atoms with van der Waals surface area (Å²) in [5.74, 6) is -0.235. The van der Waals surface area contributed by atoms with Gasteiger partial charge in [0.25, 0.3) is 0 Å². The van der Waals surface area contributed by atoms with Crippen LogP contribution in [-0.4, -0.2) is 42.9 Å². The van der Waals surface area contributed by atoms with Gasteiger partial charge in [0.15, 0.2) is 0 Å². The lowest BCUT2D eigenvalue weighted by Crippen LogP contribution is -2.41. The van der Waals surface area contributed by atoms with E-state index in [4.69, 9.17) is 0 Å². The molecule has 0 aliphatic carbocycles. The van der Waals surface area contributed by atoms with Crippen LogP contribution in [0.25, 0.3) is 0 Å². The topological polar surface area (TPSA) is 61.4 Å². The number of para-hydroxylation sites is 1. The van der Waals surface area contributed by atoms with Crippen molar-refractivity contribution in [1.82, 2.24) is 10.2 Å². The monoisotopic (exact) mass is 371 g/mol. The molecule has 0 unspecified atom stereocenters. The van der Waals surface area contributed by atoms with Gasteiger partial charge in [0.05, 0.1) is 18.8 Å². The van der Waals surface area contributed by atoms with E-state index in [-0.39, 0.29) is 30.9 Å². The Morgan fingerprint density at radius 3 is 2.27 bits per heavy atom. The van der Waals surface area contributed by atoms with Crippen LogP contribution < -0.4 is 10.6 Å². The predicted molar refractivity (Wildman–Crippen MR) is 106 cm³/mol. The average molecular weight is 372 g/mol. The first-order valence-corrected chi connectivity index (χ1v) is 9.35. The lowest BCUT2D eigenvalue weighted by Gasteiger charge is -2.18. The van der Waals surface area contributed by atoms with Crippen LogP contribution in [0.2, 0.25) is 0 Å². The minimum Gasteiger partial charge on any atom is -0.353 e. The highest BCUT2D eigenvalue weighted by Crippen LogP contribution is 2.33. The van der Waals surface area contributed by atoms with Gasteiger partial charge in [0.2, 0.25) is 11.8 Å². The third kappa shape index (κ3) is 6.90. The largest absolute Gasteiger partial charge is 0.353 e.